The van der Waals surface area contributed by atoms with Crippen LogP contribution in [0.25, 0.3) is 0 Å². The van der Waals surface area contributed by atoms with E-state index in [0.717, 1.165) is 18.4 Å². The Morgan fingerprint density at radius 1 is 0.900 bits per heavy atom. The summed E-state index contributed by atoms with van der Waals surface area (Å²) in [6, 6.07) is 0. The summed E-state index contributed by atoms with van der Waals surface area (Å²) in [5.74, 6) is 1.64. The van der Waals surface area contributed by atoms with Crippen molar-refractivity contribution in [3.8, 4) is 0 Å². The van der Waals surface area contributed by atoms with Crippen LogP contribution in [0.3, 0.4) is 0 Å². The van der Waals surface area contributed by atoms with Crippen LogP contribution in [0.4, 0.5) is 0 Å². The molecule has 1 saturated heterocycles. The molecular formula is C17H37N3. The van der Waals surface area contributed by atoms with Gasteiger partial charge in [-0.25, -0.2) is 0 Å². The van der Waals surface area contributed by atoms with Gasteiger partial charge in [0.25, 0.3) is 0 Å². The van der Waals surface area contributed by atoms with Gasteiger partial charge in [0.1, 0.15) is 0 Å². The summed E-state index contributed by atoms with van der Waals surface area (Å²) in [4.78, 5) is 5.33. The lowest BCUT2D eigenvalue weighted by Crippen LogP contribution is -2.38. The van der Waals surface area contributed by atoms with Crippen LogP contribution in [0.2, 0.25) is 0 Å². The van der Waals surface area contributed by atoms with Gasteiger partial charge in [0.2, 0.25) is 0 Å². The van der Waals surface area contributed by atoms with Gasteiger partial charge in [0.15, 0.2) is 0 Å². The van der Waals surface area contributed by atoms with E-state index < -0.39 is 0 Å². The molecule has 0 bridgehead atoms. The molecule has 0 radical (unpaired) electrons. The van der Waals surface area contributed by atoms with Crippen LogP contribution in [0.15, 0.2) is 0 Å². The van der Waals surface area contributed by atoms with Crippen LogP contribution in [0.1, 0.15) is 47.0 Å². The summed E-state index contributed by atoms with van der Waals surface area (Å²) in [5, 5.41) is 3.49. The summed E-state index contributed by atoms with van der Waals surface area (Å²) >= 11 is 0. The molecule has 0 atom stereocenters. The Bertz CT molecular complexity index is 208. The van der Waals surface area contributed by atoms with E-state index >= 15 is 0 Å². The minimum absolute atomic E-state index is 0.818. The normalized spacial score (nSPS) is 18.1. The molecule has 0 aliphatic carbocycles. The fraction of sp³-hybridized carbons (Fsp3) is 1.00. The molecule has 1 fully saturated rings. The van der Waals surface area contributed by atoms with Crippen molar-refractivity contribution < 1.29 is 0 Å². The van der Waals surface area contributed by atoms with Gasteiger partial charge in [0.05, 0.1) is 0 Å². The lowest BCUT2D eigenvalue weighted by molar-refractivity contribution is 0.196. The third-order valence-electron chi connectivity index (χ3n) is 4.21. The van der Waals surface area contributed by atoms with E-state index in [-0.39, 0.29) is 0 Å². The molecule has 3 nitrogen and oxygen atoms in total. The molecule has 0 aromatic rings. The molecule has 1 N–H and O–H groups in total. The molecule has 0 aromatic heterocycles. The van der Waals surface area contributed by atoms with E-state index in [1.807, 2.05) is 0 Å². The molecule has 1 aliphatic heterocycles. The van der Waals surface area contributed by atoms with Crippen molar-refractivity contribution in [1.82, 2.24) is 15.1 Å². The fourth-order valence-electron chi connectivity index (χ4n) is 2.63. The Kier molecular flexibility index (Phi) is 9.49. The standard InChI is InChI=1S/C17H37N3/c1-16(2)6-11-20(12-7-17(3)4)15-14-19-10-5-8-18-9-13-19/h16-18H,5-15H2,1-4H3. The van der Waals surface area contributed by atoms with E-state index in [4.69, 9.17) is 0 Å². The maximum Gasteiger partial charge on any atom is 0.0110 e. The van der Waals surface area contributed by atoms with Gasteiger partial charge in [0, 0.05) is 26.2 Å². The highest BCUT2D eigenvalue weighted by atomic mass is 15.2. The zero-order valence-corrected chi connectivity index (χ0v) is 14.3. The number of nitrogens with one attached hydrogen (secondary N) is 1. The Labute approximate surface area is 127 Å². The van der Waals surface area contributed by atoms with E-state index in [1.165, 1.54) is 65.1 Å². The Morgan fingerprint density at radius 3 is 2.15 bits per heavy atom. The molecule has 0 spiro atoms. The van der Waals surface area contributed by atoms with E-state index in [2.05, 4.69) is 42.8 Å². The largest absolute Gasteiger partial charge is 0.315 e. The van der Waals surface area contributed by atoms with Gasteiger partial charge in [-0.2, -0.15) is 0 Å². The minimum atomic E-state index is 0.818. The Balaban J connectivity index is 2.29. The highest BCUT2D eigenvalue weighted by Crippen LogP contribution is 2.07. The average Bonchev–Trinajstić information content (AvgIpc) is 2.66. The molecular weight excluding hydrogens is 246 g/mol. The van der Waals surface area contributed by atoms with E-state index in [1.54, 1.807) is 0 Å². The SMILES string of the molecule is CC(C)CCN(CCC(C)C)CCN1CCCNCC1. The number of nitrogens with zero attached hydrogens (tertiary/aromatic N) is 2. The fourth-order valence-corrected chi connectivity index (χ4v) is 2.63. The van der Waals surface area contributed by atoms with Crippen LogP contribution in [0, 0.1) is 11.8 Å². The molecule has 20 heavy (non-hydrogen) atoms. The van der Waals surface area contributed by atoms with Crippen LogP contribution in [-0.4, -0.2) is 62.2 Å². The molecule has 120 valence electrons. The van der Waals surface area contributed by atoms with Crippen molar-refractivity contribution in [2.24, 2.45) is 11.8 Å². The second-order valence-electron chi connectivity index (χ2n) is 7.15. The highest BCUT2D eigenvalue weighted by Gasteiger charge is 2.12. The van der Waals surface area contributed by atoms with Gasteiger partial charge >= 0.3 is 0 Å². The van der Waals surface area contributed by atoms with Crippen LogP contribution in [0.5, 0.6) is 0 Å². The summed E-state index contributed by atoms with van der Waals surface area (Å²) in [7, 11) is 0. The summed E-state index contributed by atoms with van der Waals surface area (Å²) in [6.45, 7) is 19.2. The van der Waals surface area contributed by atoms with Crippen molar-refractivity contribution in [3.63, 3.8) is 0 Å². The molecule has 1 rings (SSSR count). The third kappa shape index (κ3) is 8.93. The van der Waals surface area contributed by atoms with Crippen molar-refractivity contribution in [2.75, 3.05) is 52.4 Å². The Hall–Kier alpha value is -0.120. The molecule has 1 aliphatic rings. The van der Waals surface area contributed by atoms with E-state index in [0.29, 0.717) is 0 Å². The second-order valence-corrected chi connectivity index (χ2v) is 7.15. The molecule has 3 heteroatoms. The van der Waals surface area contributed by atoms with Gasteiger partial charge in [-0.3, -0.25) is 0 Å². The summed E-state index contributed by atoms with van der Waals surface area (Å²) in [6.07, 6.45) is 3.97. The van der Waals surface area contributed by atoms with Crippen LogP contribution >= 0.6 is 0 Å². The topological polar surface area (TPSA) is 18.5 Å². The maximum absolute atomic E-state index is 3.49. The lowest BCUT2D eigenvalue weighted by atomic mass is 10.1. The van der Waals surface area contributed by atoms with Crippen molar-refractivity contribution in [3.05, 3.63) is 0 Å². The van der Waals surface area contributed by atoms with Crippen molar-refractivity contribution in [1.29, 1.82) is 0 Å². The first kappa shape index (κ1) is 17.9. The zero-order chi connectivity index (χ0) is 14.8. The van der Waals surface area contributed by atoms with Crippen molar-refractivity contribution >= 4 is 0 Å². The van der Waals surface area contributed by atoms with Gasteiger partial charge < -0.3 is 15.1 Å². The van der Waals surface area contributed by atoms with Gasteiger partial charge in [-0.1, -0.05) is 27.7 Å². The average molecular weight is 284 g/mol. The summed E-state index contributed by atoms with van der Waals surface area (Å²) < 4.78 is 0. The smallest absolute Gasteiger partial charge is 0.0110 e. The highest BCUT2D eigenvalue weighted by molar-refractivity contribution is 4.69. The van der Waals surface area contributed by atoms with Crippen LogP contribution in [-0.2, 0) is 0 Å². The predicted octanol–water partition coefficient (Wildman–Crippen LogP) is 2.68. The molecule has 0 saturated carbocycles. The number of hydrogen-bond donors (Lipinski definition) is 1. The van der Waals surface area contributed by atoms with E-state index in [9.17, 15) is 0 Å². The monoisotopic (exact) mass is 283 g/mol. The first-order valence-electron chi connectivity index (χ1n) is 8.73. The van der Waals surface area contributed by atoms with Gasteiger partial charge in [-0.05, 0) is 57.3 Å². The lowest BCUT2D eigenvalue weighted by Gasteiger charge is -2.28. The Morgan fingerprint density at radius 2 is 1.55 bits per heavy atom. The van der Waals surface area contributed by atoms with Crippen molar-refractivity contribution in [2.45, 2.75) is 47.0 Å². The molecule has 0 unspecified atom stereocenters. The van der Waals surface area contributed by atoms with Gasteiger partial charge in [-0.15, -0.1) is 0 Å². The van der Waals surface area contributed by atoms with Crippen LogP contribution < -0.4 is 5.32 Å². The third-order valence-corrected chi connectivity index (χ3v) is 4.21. The second kappa shape index (κ2) is 10.6. The first-order valence-corrected chi connectivity index (χ1v) is 8.73. The first-order chi connectivity index (χ1) is 9.58. The molecule has 0 aromatic carbocycles. The summed E-state index contributed by atoms with van der Waals surface area (Å²) in [5.41, 5.74) is 0. The predicted molar refractivity (Wildman–Crippen MR) is 89.3 cm³/mol. The number of hydrogen-bond acceptors (Lipinski definition) is 3. The molecule has 0 amide bonds. The maximum atomic E-state index is 3.49. The zero-order valence-electron chi connectivity index (χ0n) is 14.3. The molecule has 1 heterocycles. The quantitative estimate of drug-likeness (QED) is 0.702. The minimum Gasteiger partial charge on any atom is -0.315 e. The number of rotatable bonds is 9.